The van der Waals surface area contributed by atoms with Crippen molar-refractivity contribution in [1.82, 2.24) is 29.9 Å². The van der Waals surface area contributed by atoms with Crippen molar-refractivity contribution in [2.45, 2.75) is 25.7 Å². The molecule has 29 heavy (non-hydrogen) atoms. The van der Waals surface area contributed by atoms with Crippen molar-refractivity contribution in [1.29, 1.82) is 0 Å². The van der Waals surface area contributed by atoms with Crippen LogP contribution in [0.1, 0.15) is 30.1 Å². The van der Waals surface area contributed by atoms with Crippen LogP contribution in [-0.4, -0.2) is 37.7 Å². The molecule has 4 aromatic rings. The predicted molar refractivity (Wildman–Crippen MR) is 116 cm³/mol. The molecule has 0 aliphatic carbocycles. The molecular weight excluding hydrogens is 414 g/mol. The van der Waals surface area contributed by atoms with Gasteiger partial charge in [0.2, 0.25) is 5.78 Å². The Morgan fingerprint density at radius 1 is 1.03 bits per heavy atom. The zero-order valence-corrected chi connectivity index (χ0v) is 17.4. The molecule has 152 valence electrons. The first-order valence-corrected chi connectivity index (χ1v) is 9.17. The number of hydrogen-bond acceptors (Lipinski definition) is 5. The standard InChI is InChI=1S/C20H19FN6.2ClH/c1-12-10-27-11-15(9-23-20(27)24-12)14-6-17(21)16-8-18(25-26-19(16)7-14)13-2-4-22-5-3-13;;/h6-11,13,22H,2-5H2,1H3;2*1H. The Labute approximate surface area is 179 Å². The second kappa shape index (κ2) is 8.57. The van der Waals surface area contributed by atoms with Crippen molar-refractivity contribution in [3.63, 3.8) is 0 Å². The number of hydrogen-bond donors (Lipinski definition) is 1. The van der Waals surface area contributed by atoms with Gasteiger partial charge in [0.05, 0.1) is 16.9 Å². The lowest BCUT2D eigenvalue weighted by molar-refractivity contribution is 0.451. The van der Waals surface area contributed by atoms with E-state index >= 15 is 0 Å². The molecule has 3 aromatic heterocycles. The van der Waals surface area contributed by atoms with Crippen molar-refractivity contribution >= 4 is 41.5 Å². The first-order chi connectivity index (χ1) is 13.2. The first-order valence-electron chi connectivity index (χ1n) is 9.17. The minimum Gasteiger partial charge on any atom is -0.317 e. The maximum Gasteiger partial charge on any atom is 0.233 e. The third kappa shape index (κ3) is 4.03. The van der Waals surface area contributed by atoms with Crippen LogP contribution in [0.3, 0.4) is 0 Å². The van der Waals surface area contributed by atoms with E-state index in [2.05, 4.69) is 25.5 Å². The lowest BCUT2D eigenvalue weighted by Crippen LogP contribution is -2.27. The highest BCUT2D eigenvalue weighted by Crippen LogP contribution is 2.29. The molecule has 5 rings (SSSR count). The van der Waals surface area contributed by atoms with Gasteiger partial charge < -0.3 is 5.32 Å². The molecule has 0 saturated carbocycles. The van der Waals surface area contributed by atoms with Gasteiger partial charge in [0.1, 0.15) is 5.82 Å². The van der Waals surface area contributed by atoms with Gasteiger partial charge in [-0.2, -0.15) is 10.2 Å². The van der Waals surface area contributed by atoms with Crippen molar-refractivity contribution in [2.75, 3.05) is 13.1 Å². The van der Waals surface area contributed by atoms with E-state index < -0.39 is 0 Å². The number of aromatic nitrogens is 5. The Kier molecular flexibility index (Phi) is 6.31. The summed E-state index contributed by atoms with van der Waals surface area (Å²) >= 11 is 0. The molecule has 0 atom stereocenters. The summed E-state index contributed by atoms with van der Waals surface area (Å²) in [4.78, 5) is 8.67. The Bertz CT molecular complexity index is 1160. The van der Waals surface area contributed by atoms with Gasteiger partial charge in [0.25, 0.3) is 0 Å². The molecule has 0 bridgehead atoms. The highest BCUT2D eigenvalue weighted by molar-refractivity contribution is 5.86. The molecule has 1 aliphatic rings. The van der Waals surface area contributed by atoms with Crippen LogP contribution in [0.4, 0.5) is 4.39 Å². The first kappa shape index (κ1) is 21.4. The molecular formula is C20H21Cl2FN6. The summed E-state index contributed by atoms with van der Waals surface area (Å²) in [5, 5.41) is 12.6. The summed E-state index contributed by atoms with van der Waals surface area (Å²) in [7, 11) is 0. The normalized spacial score (nSPS) is 14.6. The highest BCUT2D eigenvalue weighted by atomic mass is 35.5. The fourth-order valence-corrected chi connectivity index (χ4v) is 3.75. The fraction of sp³-hybridized carbons (Fsp3) is 0.300. The monoisotopic (exact) mass is 434 g/mol. The smallest absolute Gasteiger partial charge is 0.233 e. The van der Waals surface area contributed by atoms with Crippen molar-refractivity contribution < 1.29 is 4.39 Å². The molecule has 6 nitrogen and oxygen atoms in total. The highest BCUT2D eigenvalue weighted by Gasteiger charge is 2.18. The molecule has 4 heterocycles. The Morgan fingerprint density at radius 3 is 2.62 bits per heavy atom. The molecule has 1 N–H and O–H groups in total. The maximum atomic E-state index is 14.9. The zero-order chi connectivity index (χ0) is 18.4. The average Bonchev–Trinajstić information content (AvgIpc) is 3.07. The van der Waals surface area contributed by atoms with Crippen LogP contribution in [0.25, 0.3) is 27.8 Å². The van der Waals surface area contributed by atoms with Gasteiger partial charge >= 0.3 is 0 Å². The third-order valence-corrected chi connectivity index (χ3v) is 5.19. The van der Waals surface area contributed by atoms with Crippen molar-refractivity contribution in [3.8, 4) is 11.1 Å². The SMILES string of the molecule is Cc1cn2cc(-c3cc(F)c4cc(C5CCNCC5)nnc4c3)cnc2n1.Cl.Cl. The van der Waals surface area contributed by atoms with Crippen LogP contribution in [-0.2, 0) is 0 Å². The maximum absolute atomic E-state index is 14.9. The van der Waals surface area contributed by atoms with Crippen molar-refractivity contribution in [2.24, 2.45) is 0 Å². The van der Waals surface area contributed by atoms with Crippen molar-refractivity contribution in [3.05, 3.63) is 54.0 Å². The van der Waals surface area contributed by atoms with Crippen LogP contribution in [0.5, 0.6) is 0 Å². The van der Waals surface area contributed by atoms with Gasteiger partial charge in [-0.1, -0.05) is 0 Å². The second-order valence-electron chi connectivity index (χ2n) is 7.12. The van der Waals surface area contributed by atoms with E-state index in [4.69, 9.17) is 0 Å². The van der Waals surface area contributed by atoms with Gasteiger partial charge in [-0.15, -0.1) is 24.8 Å². The minimum absolute atomic E-state index is 0. The van der Waals surface area contributed by atoms with E-state index in [1.165, 1.54) is 0 Å². The molecule has 0 spiro atoms. The summed E-state index contributed by atoms with van der Waals surface area (Å²) in [6, 6.07) is 5.27. The van der Waals surface area contributed by atoms with E-state index in [9.17, 15) is 4.39 Å². The molecule has 1 aliphatic heterocycles. The van der Waals surface area contributed by atoms with E-state index in [1.54, 1.807) is 12.3 Å². The number of nitrogens with zero attached hydrogens (tertiary/aromatic N) is 5. The largest absolute Gasteiger partial charge is 0.317 e. The predicted octanol–water partition coefficient (Wildman–Crippen LogP) is 4.10. The number of nitrogens with one attached hydrogen (secondary N) is 1. The van der Waals surface area contributed by atoms with Gasteiger partial charge in [0, 0.05) is 35.5 Å². The fourth-order valence-electron chi connectivity index (χ4n) is 3.75. The summed E-state index contributed by atoms with van der Waals surface area (Å²) in [5.74, 6) is 0.691. The lowest BCUT2D eigenvalue weighted by Gasteiger charge is -2.21. The third-order valence-electron chi connectivity index (χ3n) is 5.19. The number of fused-ring (bicyclic) bond motifs is 2. The Hall–Kier alpha value is -2.35. The van der Waals surface area contributed by atoms with Crippen LogP contribution in [0.2, 0.25) is 0 Å². The summed E-state index contributed by atoms with van der Waals surface area (Å²) in [6.45, 7) is 3.85. The second-order valence-corrected chi connectivity index (χ2v) is 7.12. The number of piperidine rings is 1. The quantitative estimate of drug-likeness (QED) is 0.514. The zero-order valence-electron chi connectivity index (χ0n) is 15.8. The van der Waals surface area contributed by atoms with Gasteiger partial charge in [-0.3, -0.25) is 4.40 Å². The minimum atomic E-state index is -0.283. The van der Waals surface area contributed by atoms with E-state index in [0.29, 0.717) is 22.6 Å². The molecule has 0 unspecified atom stereocenters. The summed E-state index contributed by atoms with van der Waals surface area (Å²) in [5.41, 5.74) is 3.87. The molecule has 1 aromatic carbocycles. The molecule has 0 amide bonds. The van der Waals surface area contributed by atoms with Crippen LogP contribution < -0.4 is 5.32 Å². The van der Waals surface area contributed by atoms with Gasteiger partial charge in [-0.05, 0) is 56.6 Å². The van der Waals surface area contributed by atoms with Crippen LogP contribution in [0.15, 0.2) is 36.8 Å². The molecule has 1 fully saturated rings. The average molecular weight is 435 g/mol. The van der Waals surface area contributed by atoms with E-state index in [-0.39, 0.29) is 30.6 Å². The summed E-state index contributed by atoms with van der Waals surface area (Å²) in [6.07, 6.45) is 7.53. The number of aryl methyl sites for hydroxylation is 1. The van der Waals surface area contributed by atoms with E-state index in [0.717, 1.165) is 48.4 Å². The van der Waals surface area contributed by atoms with Crippen LogP contribution in [0, 0.1) is 12.7 Å². The number of rotatable bonds is 2. The van der Waals surface area contributed by atoms with Crippen LogP contribution >= 0.6 is 24.8 Å². The summed E-state index contributed by atoms with van der Waals surface area (Å²) < 4.78 is 16.7. The van der Waals surface area contributed by atoms with Gasteiger partial charge in [-0.25, -0.2) is 14.4 Å². The van der Waals surface area contributed by atoms with E-state index in [1.807, 2.05) is 35.9 Å². The number of halogens is 3. The molecule has 1 saturated heterocycles. The topological polar surface area (TPSA) is 68.0 Å². The molecule has 9 heteroatoms. The number of imidazole rings is 1. The van der Waals surface area contributed by atoms with Gasteiger partial charge in [0.15, 0.2) is 0 Å². The Morgan fingerprint density at radius 2 is 1.83 bits per heavy atom. The molecule has 0 radical (unpaired) electrons. The number of benzene rings is 1. The Balaban J connectivity index is 0.00000120. The lowest BCUT2D eigenvalue weighted by atomic mass is 9.93.